The van der Waals surface area contributed by atoms with Crippen LogP contribution < -0.4 is 10.6 Å². The van der Waals surface area contributed by atoms with Crippen molar-refractivity contribution in [3.05, 3.63) is 53.6 Å². The summed E-state index contributed by atoms with van der Waals surface area (Å²) in [6, 6.07) is 13.4. The molecular formula is C18H20N4O3S. The van der Waals surface area contributed by atoms with Crippen LogP contribution in [0.5, 0.6) is 0 Å². The molecule has 0 saturated heterocycles. The SMILES string of the molecule is Cc1ccc(NCC(=O)Nc2ccc(C#N)cc2)cc1S(=O)(=O)N(C)C. The zero-order valence-corrected chi connectivity index (χ0v) is 15.6. The molecule has 2 aromatic rings. The molecule has 1 amide bonds. The largest absolute Gasteiger partial charge is 0.376 e. The molecule has 2 aromatic carbocycles. The van der Waals surface area contributed by atoms with Gasteiger partial charge in [-0.3, -0.25) is 4.79 Å². The number of nitriles is 1. The van der Waals surface area contributed by atoms with Crippen molar-refractivity contribution < 1.29 is 13.2 Å². The predicted molar refractivity (Wildman–Crippen MR) is 100 cm³/mol. The fraction of sp³-hybridized carbons (Fsp3) is 0.222. The molecule has 0 radical (unpaired) electrons. The summed E-state index contributed by atoms with van der Waals surface area (Å²) in [5.41, 5.74) is 2.25. The molecule has 7 nitrogen and oxygen atoms in total. The molecule has 0 aliphatic rings. The van der Waals surface area contributed by atoms with Crippen LogP contribution in [0.25, 0.3) is 0 Å². The van der Waals surface area contributed by atoms with Crippen LogP contribution in [0.3, 0.4) is 0 Å². The van der Waals surface area contributed by atoms with Gasteiger partial charge in [-0.1, -0.05) is 6.07 Å². The van der Waals surface area contributed by atoms with E-state index in [1.54, 1.807) is 43.3 Å². The lowest BCUT2D eigenvalue weighted by Gasteiger charge is -2.15. The molecule has 2 N–H and O–H groups in total. The van der Waals surface area contributed by atoms with Crippen LogP contribution in [0.15, 0.2) is 47.4 Å². The molecule has 0 unspecified atom stereocenters. The van der Waals surface area contributed by atoms with E-state index in [9.17, 15) is 13.2 Å². The Kier molecular flexibility index (Phi) is 5.97. The second-order valence-corrected chi connectivity index (χ2v) is 7.98. The summed E-state index contributed by atoms with van der Waals surface area (Å²) in [4.78, 5) is 12.2. The van der Waals surface area contributed by atoms with Crippen molar-refractivity contribution in [2.45, 2.75) is 11.8 Å². The van der Waals surface area contributed by atoms with Crippen molar-refractivity contribution in [2.24, 2.45) is 0 Å². The van der Waals surface area contributed by atoms with Gasteiger partial charge in [0.1, 0.15) is 0 Å². The highest BCUT2D eigenvalue weighted by Gasteiger charge is 2.20. The van der Waals surface area contributed by atoms with Crippen molar-refractivity contribution in [2.75, 3.05) is 31.3 Å². The van der Waals surface area contributed by atoms with E-state index in [1.165, 1.54) is 20.2 Å². The van der Waals surface area contributed by atoms with Crippen LogP contribution >= 0.6 is 0 Å². The molecule has 0 aliphatic heterocycles. The summed E-state index contributed by atoms with van der Waals surface area (Å²) in [5.74, 6) is -0.285. The maximum absolute atomic E-state index is 12.3. The van der Waals surface area contributed by atoms with Gasteiger partial charge in [0, 0.05) is 25.5 Å². The Bertz CT molecular complexity index is 945. The number of carbonyl (C=O) groups is 1. The molecule has 0 aromatic heterocycles. The van der Waals surface area contributed by atoms with E-state index < -0.39 is 10.0 Å². The van der Waals surface area contributed by atoms with Crippen LogP contribution in [-0.2, 0) is 14.8 Å². The van der Waals surface area contributed by atoms with Gasteiger partial charge in [0.15, 0.2) is 0 Å². The number of sulfonamides is 1. The molecule has 0 saturated carbocycles. The van der Waals surface area contributed by atoms with Crippen molar-refractivity contribution in [3.8, 4) is 6.07 Å². The van der Waals surface area contributed by atoms with Gasteiger partial charge in [0.05, 0.1) is 23.1 Å². The summed E-state index contributed by atoms with van der Waals surface area (Å²) < 4.78 is 25.8. The van der Waals surface area contributed by atoms with Gasteiger partial charge in [0.2, 0.25) is 15.9 Å². The Balaban J connectivity index is 2.05. The molecule has 0 spiro atoms. The number of nitrogens with zero attached hydrogens (tertiary/aromatic N) is 2. The molecule has 8 heteroatoms. The lowest BCUT2D eigenvalue weighted by atomic mass is 10.2. The van der Waals surface area contributed by atoms with Crippen molar-refractivity contribution in [1.29, 1.82) is 5.26 Å². The third kappa shape index (κ3) is 4.59. The Hall–Kier alpha value is -2.89. The number of amides is 1. The Labute approximate surface area is 153 Å². The Morgan fingerprint density at radius 2 is 1.73 bits per heavy atom. The van der Waals surface area contributed by atoms with Crippen LogP contribution in [0.1, 0.15) is 11.1 Å². The molecular weight excluding hydrogens is 352 g/mol. The second-order valence-electron chi connectivity index (χ2n) is 5.86. The first-order chi connectivity index (χ1) is 12.2. The molecule has 2 rings (SSSR count). The summed E-state index contributed by atoms with van der Waals surface area (Å²) >= 11 is 0. The maximum atomic E-state index is 12.3. The topological polar surface area (TPSA) is 102 Å². The summed E-state index contributed by atoms with van der Waals surface area (Å²) in [6.45, 7) is 1.70. The number of benzene rings is 2. The Morgan fingerprint density at radius 1 is 1.12 bits per heavy atom. The van der Waals surface area contributed by atoms with Gasteiger partial charge in [-0.15, -0.1) is 0 Å². The second kappa shape index (κ2) is 7.99. The molecule has 0 fully saturated rings. The number of hydrogen-bond donors (Lipinski definition) is 2. The first kappa shape index (κ1) is 19.4. The minimum atomic E-state index is -3.56. The Morgan fingerprint density at radius 3 is 2.31 bits per heavy atom. The first-order valence-corrected chi connectivity index (χ1v) is 9.25. The molecule has 0 atom stereocenters. The highest BCUT2D eigenvalue weighted by atomic mass is 32.2. The van der Waals surface area contributed by atoms with Crippen molar-refractivity contribution >= 4 is 27.3 Å². The fourth-order valence-corrected chi connectivity index (χ4v) is 3.34. The number of anilines is 2. The van der Waals surface area contributed by atoms with Crippen LogP contribution in [-0.4, -0.2) is 39.3 Å². The third-order valence-corrected chi connectivity index (χ3v) is 5.65. The monoisotopic (exact) mass is 372 g/mol. The number of aryl methyl sites for hydroxylation is 1. The standard InChI is InChI=1S/C18H20N4O3S/c1-13-4-7-16(10-17(13)26(24,25)22(2)3)20-12-18(23)21-15-8-5-14(11-19)6-9-15/h4-10,20H,12H2,1-3H3,(H,21,23). The van der Waals surface area contributed by atoms with Crippen LogP contribution in [0, 0.1) is 18.3 Å². The van der Waals surface area contributed by atoms with Gasteiger partial charge in [-0.05, 0) is 48.9 Å². The van der Waals surface area contributed by atoms with Crippen LogP contribution in [0.4, 0.5) is 11.4 Å². The van der Waals surface area contributed by atoms with E-state index in [0.717, 1.165) is 4.31 Å². The lowest BCUT2D eigenvalue weighted by molar-refractivity contribution is -0.114. The molecule has 26 heavy (non-hydrogen) atoms. The fourth-order valence-electron chi connectivity index (χ4n) is 2.20. The van der Waals surface area contributed by atoms with E-state index in [4.69, 9.17) is 5.26 Å². The summed E-state index contributed by atoms with van der Waals surface area (Å²) in [6.07, 6.45) is 0. The molecule has 136 valence electrons. The van der Waals surface area contributed by atoms with Crippen LogP contribution in [0.2, 0.25) is 0 Å². The highest BCUT2D eigenvalue weighted by Crippen LogP contribution is 2.22. The average molecular weight is 372 g/mol. The zero-order valence-electron chi connectivity index (χ0n) is 14.8. The summed E-state index contributed by atoms with van der Waals surface area (Å²) in [7, 11) is -0.613. The maximum Gasteiger partial charge on any atom is 0.243 e. The highest BCUT2D eigenvalue weighted by molar-refractivity contribution is 7.89. The van der Waals surface area contributed by atoms with Crippen molar-refractivity contribution in [1.82, 2.24) is 4.31 Å². The van der Waals surface area contributed by atoms with E-state index in [1.807, 2.05) is 6.07 Å². The average Bonchev–Trinajstić information content (AvgIpc) is 2.61. The lowest BCUT2D eigenvalue weighted by Crippen LogP contribution is -2.24. The minimum absolute atomic E-state index is 0.0233. The molecule has 0 heterocycles. The quantitative estimate of drug-likeness (QED) is 0.809. The molecule has 0 aliphatic carbocycles. The number of nitrogens with one attached hydrogen (secondary N) is 2. The van der Waals surface area contributed by atoms with Gasteiger partial charge in [-0.25, -0.2) is 12.7 Å². The van der Waals surface area contributed by atoms with Crippen molar-refractivity contribution in [3.63, 3.8) is 0 Å². The minimum Gasteiger partial charge on any atom is -0.376 e. The molecule has 0 bridgehead atoms. The smallest absolute Gasteiger partial charge is 0.243 e. The zero-order chi connectivity index (χ0) is 19.3. The number of carbonyl (C=O) groups excluding carboxylic acids is 1. The summed E-state index contributed by atoms with van der Waals surface area (Å²) in [5, 5.41) is 14.4. The van der Waals surface area contributed by atoms with Gasteiger partial charge < -0.3 is 10.6 Å². The predicted octanol–water partition coefficient (Wildman–Crippen LogP) is 2.17. The van der Waals surface area contributed by atoms with E-state index >= 15 is 0 Å². The van der Waals surface area contributed by atoms with Gasteiger partial charge in [-0.2, -0.15) is 5.26 Å². The normalized spacial score (nSPS) is 11.0. The first-order valence-electron chi connectivity index (χ1n) is 7.81. The van der Waals surface area contributed by atoms with E-state index in [0.29, 0.717) is 22.5 Å². The third-order valence-electron chi connectivity index (χ3n) is 3.70. The van der Waals surface area contributed by atoms with Gasteiger partial charge >= 0.3 is 0 Å². The van der Waals surface area contributed by atoms with E-state index in [-0.39, 0.29) is 17.3 Å². The number of hydrogen-bond acceptors (Lipinski definition) is 5. The number of rotatable bonds is 6. The van der Waals surface area contributed by atoms with Gasteiger partial charge in [0.25, 0.3) is 0 Å². The van der Waals surface area contributed by atoms with E-state index in [2.05, 4.69) is 10.6 Å².